The summed E-state index contributed by atoms with van der Waals surface area (Å²) in [7, 11) is 0. The number of benzene rings is 7. The van der Waals surface area contributed by atoms with Gasteiger partial charge in [-0.3, -0.25) is 19.2 Å². The number of carbonyl (C=O) groups is 8. The number of carbonyl (C=O) groups excluding carboxylic acids is 8. The average molecular weight is 1150 g/mol. The van der Waals surface area contributed by atoms with Crippen molar-refractivity contribution < 1.29 is 66.8 Å². The minimum absolute atomic E-state index is 0.0126. The summed E-state index contributed by atoms with van der Waals surface area (Å²) in [6.07, 6.45) is 2.80. The molecule has 0 atom stereocenters. The van der Waals surface area contributed by atoms with Crippen LogP contribution in [0.4, 0.5) is 0 Å². The molecule has 0 saturated carbocycles. The molecular formula is C66H40N2O14S2. The molecule has 0 N–H and O–H groups in total. The van der Waals surface area contributed by atoms with Crippen molar-refractivity contribution in [3.63, 3.8) is 0 Å². The van der Waals surface area contributed by atoms with E-state index in [0.717, 1.165) is 22.7 Å². The summed E-state index contributed by atoms with van der Waals surface area (Å²) in [4.78, 5) is 126. The van der Waals surface area contributed by atoms with E-state index in [-0.39, 0.29) is 102 Å². The molecule has 16 nitrogen and oxygen atoms in total. The van der Waals surface area contributed by atoms with Gasteiger partial charge in [-0.2, -0.15) is 0 Å². The molecule has 0 saturated heterocycles. The molecule has 0 amide bonds. The monoisotopic (exact) mass is 1150 g/mol. The third-order valence-corrected chi connectivity index (χ3v) is 16.5. The molecular weight excluding hydrogens is 1110 g/mol. The van der Waals surface area contributed by atoms with E-state index in [2.05, 4.69) is 0 Å². The van der Waals surface area contributed by atoms with Gasteiger partial charge in [0.2, 0.25) is 34.9 Å². The van der Waals surface area contributed by atoms with Gasteiger partial charge in [0.25, 0.3) is 0 Å². The number of ketones is 4. The number of nitrogens with zero attached hydrogens (tertiary/aromatic N) is 2. The van der Waals surface area contributed by atoms with Gasteiger partial charge in [0, 0.05) is 44.5 Å². The Balaban J connectivity index is 1.06. The minimum atomic E-state index is -2.90. The average Bonchev–Trinajstić information content (AvgIpc) is 1.22. The summed E-state index contributed by atoms with van der Waals surface area (Å²) in [5.41, 5.74) is -2.92. The van der Waals surface area contributed by atoms with Crippen LogP contribution in [-0.4, -0.2) is 57.0 Å². The molecule has 18 heteroatoms. The lowest BCUT2D eigenvalue weighted by Crippen LogP contribution is -2.54. The lowest BCUT2D eigenvalue weighted by molar-refractivity contribution is -0.185. The number of rotatable bonds is 14. The van der Waals surface area contributed by atoms with Crippen LogP contribution in [-0.2, 0) is 85.3 Å². The van der Waals surface area contributed by atoms with Crippen LogP contribution in [0.5, 0.6) is 11.8 Å². The van der Waals surface area contributed by atoms with Crippen LogP contribution in [0, 0.1) is 0 Å². The summed E-state index contributed by atoms with van der Waals surface area (Å²) in [6, 6.07) is 50.5. The first-order chi connectivity index (χ1) is 40.9. The fourth-order valence-electron chi connectivity index (χ4n) is 10.4. The van der Waals surface area contributed by atoms with Crippen molar-refractivity contribution >= 4 is 93.0 Å². The van der Waals surface area contributed by atoms with Gasteiger partial charge in [-0.05, 0) is 57.7 Å². The van der Waals surface area contributed by atoms with Crippen molar-refractivity contribution in [1.29, 1.82) is 0 Å². The number of hydrogen-bond donors (Lipinski definition) is 0. The topological polar surface area (TPSA) is 218 Å². The zero-order valence-electron chi connectivity index (χ0n) is 43.7. The van der Waals surface area contributed by atoms with Crippen LogP contribution in [0.25, 0.3) is 44.2 Å². The van der Waals surface area contributed by atoms with Crippen LogP contribution in [0.1, 0.15) is 75.2 Å². The van der Waals surface area contributed by atoms with E-state index in [1.807, 2.05) is 0 Å². The Morgan fingerprint density at radius 2 is 0.667 bits per heavy atom. The predicted octanol–water partition coefficient (Wildman–Crippen LogP) is 10.7. The molecule has 4 aliphatic rings. The molecule has 7 aromatic carbocycles. The maximum Gasteiger partial charge on any atom is 0.367 e. The molecule has 2 aromatic heterocycles. The highest BCUT2D eigenvalue weighted by molar-refractivity contribution is 7.17. The minimum Gasteiger partial charge on any atom is -0.457 e. The Morgan fingerprint density at radius 3 is 0.976 bits per heavy atom. The Kier molecular flexibility index (Phi) is 13.4. The fourth-order valence-corrected chi connectivity index (χ4v) is 12.3. The van der Waals surface area contributed by atoms with E-state index in [9.17, 15) is 19.2 Å². The third kappa shape index (κ3) is 9.09. The van der Waals surface area contributed by atoms with Gasteiger partial charge in [0.05, 0.1) is 9.75 Å². The molecule has 84 heavy (non-hydrogen) atoms. The largest absolute Gasteiger partial charge is 0.457 e. The number of hydrogen-bond acceptors (Lipinski definition) is 18. The summed E-state index contributed by atoms with van der Waals surface area (Å²) >= 11 is 1.88. The highest BCUT2D eigenvalue weighted by Crippen LogP contribution is 2.57. The third-order valence-electron chi connectivity index (χ3n) is 14.5. The molecule has 2 aliphatic heterocycles. The van der Waals surface area contributed by atoms with E-state index in [1.165, 1.54) is 36.4 Å². The molecule has 0 radical (unpaired) electrons. The zero-order chi connectivity index (χ0) is 57.7. The van der Waals surface area contributed by atoms with E-state index in [4.69, 9.17) is 38.4 Å². The van der Waals surface area contributed by atoms with Gasteiger partial charge in [-0.1, -0.05) is 170 Å². The quantitative estimate of drug-likeness (QED) is 0.0325. The Labute approximate surface area is 485 Å². The lowest BCUT2D eigenvalue weighted by Gasteiger charge is -2.38. The fraction of sp³-hybridized carbons (Fsp3) is 0.0909. The first kappa shape index (κ1) is 52.8. The van der Waals surface area contributed by atoms with E-state index < -0.39 is 58.2 Å². The molecule has 0 fully saturated rings. The zero-order valence-corrected chi connectivity index (χ0v) is 45.4. The molecule has 9 aromatic rings. The standard InChI is InChI=1S/C66H40N2O14S2/c69-53-43-27-15-13-25-41(43)45(55(53)71)31-51-67-59-57(83-51)47-30-50-48(29-49(47)65(81-59,61(73)77-33-37-17-5-1-6-18-37)62(74)78-34-38-19-7-2-8-20-38)58-60(68-52(84-58)32-46-42-26-14-16-28-44(42)54(70)56(46)72)82-66(50,63(75)79-35-39-21-9-3-10-22-39)64(76)80-36-40-23-11-4-12-24-40/h1-32H,33-36H2/b45-31-,46-32-. The molecule has 13 rings (SSSR count). The Bertz CT molecular complexity index is 3930. The number of ether oxygens (including phenoxy) is 6. The van der Waals surface area contributed by atoms with E-state index >= 15 is 19.2 Å². The molecule has 410 valence electrons. The van der Waals surface area contributed by atoms with Gasteiger partial charge in [-0.15, -0.1) is 22.7 Å². The maximum atomic E-state index is 15.6. The second-order valence-electron chi connectivity index (χ2n) is 19.7. The van der Waals surface area contributed by atoms with Gasteiger partial charge in [-0.25, -0.2) is 29.1 Å². The summed E-state index contributed by atoms with van der Waals surface area (Å²) < 4.78 is 37.7. The maximum absolute atomic E-state index is 15.6. The van der Waals surface area contributed by atoms with Gasteiger partial charge >= 0.3 is 35.1 Å². The van der Waals surface area contributed by atoms with E-state index in [1.54, 1.807) is 158 Å². The SMILES string of the molecule is O=C1C(=O)c2ccccc2/C1=C/c1nc2c(s1)-c1cc3c(cc1C(C(=O)OCc1ccccc1)(C(=O)OCc1ccccc1)O2)-c1sc(/C=C2\C(=O)C(=O)c4ccccc42)nc1OC3(C(=O)OCc1ccccc1)C(=O)OCc1ccccc1. The van der Waals surface area contributed by atoms with Crippen molar-refractivity contribution in [2.24, 2.45) is 0 Å². The van der Waals surface area contributed by atoms with Crippen molar-refractivity contribution in [1.82, 2.24) is 9.97 Å². The first-order valence-corrected chi connectivity index (χ1v) is 27.8. The number of Topliss-reactive ketones (excluding diaryl/α,β-unsaturated/α-hetero) is 4. The van der Waals surface area contributed by atoms with Crippen LogP contribution in [0.15, 0.2) is 182 Å². The number of aromatic nitrogens is 2. The van der Waals surface area contributed by atoms with Gasteiger partial charge in [0.15, 0.2) is 0 Å². The Morgan fingerprint density at radius 1 is 0.381 bits per heavy atom. The first-order valence-electron chi connectivity index (χ1n) is 26.2. The number of fused-ring (bicyclic) bond motifs is 8. The number of allylic oxidation sites excluding steroid dienone is 2. The summed E-state index contributed by atoms with van der Waals surface area (Å²) in [5.74, 6) is -8.72. The molecule has 2 aliphatic carbocycles. The molecule has 0 bridgehead atoms. The lowest BCUT2D eigenvalue weighted by atomic mass is 9.79. The van der Waals surface area contributed by atoms with Crippen LogP contribution < -0.4 is 9.47 Å². The number of esters is 4. The highest BCUT2D eigenvalue weighted by Gasteiger charge is 2.63. The second-order valence-corrected chi connectivity index (χ2v) is 21.7. The van der Waals surface area contributed by atoms with Gasteiger partial charge in [0.1, 0.15) is 36.4 Å². The molecule has 0 spiro atoms. The second kappa shape index (κ2) is 21.4. The highest BCUT2D eigenvalue weighted by atomic mass is 32.1. The summed E-state index contributed by atoms with van der Waals surface area (Å²) in [5, 5.41) is 0.164. The number of thiazole rings is 2. The van der Waals surface area contributed by atoms with Crippen LogP contribution in [0.2, 0.25) is 0 Å². The van der Waals surface area contributed by atoms with E-state index in [0.29, 0.717) is 33.4 Å². The smallest absolute Gasteiger partial charge is 0.367 e. The van der Waals surface area contributed by atoms with Crippen LogP contribution in [0.3, 0.4) is 0 Å². The van der Waals surface area contributed by atoms with Gasteiger partial charge < -0.3 is 28.4 Å². The van der Waals surface area contributed by atoms with Crippen molar-refractivity contribution in [2.45, 2.75) is 37.6 Å². The van der Waals surface area contributed by atoms with Crippen molar-refractivity contribution in [3.05, 3.63) is 248 Å². The predicted molar refractivity (Wildman–Crippen MR) is 306 cm³/mol. The van der Waals surface area contributed by atoms with Crippen LogP contribution >= 0.6 is 22.7 Å². The van der Waals surface area contributed by atoms with Crippen molar-refractivity contribution in [2.75, 3.05) is 0 Å². The normalized spacial score (nSPS) is 15.6. The molecule has 4 heterocycles. The molecule has 0 unspecified atom stereocenters. The summed E-state index contributed by atoms with van der Waals surface area (Å²) in [6.45, 7) is -1.42. The van der Waals surface area contributed by atoms with Crippen molar-refractivity contribution in [3.8, 4) is 32.6 Å². The Hall–Kier alpha value is -10.6.